The number of hydrogen-bond acceptors (Lipinski definition) is 5. The fraction of sp³-hybridized carbons (Fsp3) is 0.545. The third-order valence-electron chi connectivity index (χ3n) is 6.00. The first-order valence-corrected chi connectivity index (χ1v) is 10.4. The summed E-state index contributed by atoms with van der Waals surface area (Å²) in [6.45, 7) is 12.2. The van der Waals surface area contributed by atoms with Crippen LogP contribution in [0.15, 0.2) is 23.0 Å². The molecule has 1 N–H and O–H groups in total. The molecule has 0 spiro atoms. The van der Waals surface area contributed by atoms with Crippen molar-refractivity contribution in [1.82, 2.24) is 30.1 Å². The number of nitrogens with one attached hydrogen (secondary N) is 1. The van der Waals surface area contributed by atoms with Crippen LogP contribution in [-0.4, -0.2) is 43.2 Å². The quantitative estimate of drug-likeness (QED) is 0.736. The molecule has 0 bridgehead atoms. The van der Waals surface area contributed by atoms with Crippen molar-refractivity contribution in [3.8, 4) is 0 Å². The van der Waals surface area contributed by atoms with Gasteiger partial charge in [-0.25, -0.2) is 4.68 Å². The molecule has 3 heterocycles. The molecule has 0 aliphatic carbocycles. The molecule has 0 radical (unpaired) electrons. The van der Waals surface area contributed by atoms with E-state index in [0.29, 0.717) is 5.56 Å². The van der Waals surface area contributed by atoms with Crippen molar-refractivity contribution in [1.29, 1.82) is 0 Å². The van der Waals surface area contributed by atoms with Crippen LogP contribution in [0.4, 0.5) is 0 Å². The van der Waals surface area contributed by atoms with E-state index in [1.165, 1.54) is 12.0 Å². The molecule has 1 aromatic carbocycles. The summed E-state index contributed by atoms with van der Waals surface area (Å²) in [6.07, 6.45) is 3.47. The van der Waals surface area contributed by atoms with Crippen molar-refractivity contribution in [3.63, 3.8) is 0 Å². The van der Waals surface area contributed by atoms with Gasteiger partial charge in [0.2, 0.25) is 0 Å². The number of likely N-dealkylation sites (tertiary alicyclic amines) is 1. The number of aromatic nitrogens is 5. The minimum Gasteiger partial charge on any atom is -0.321 e. The first kappa shape index (κ1) is 19.8. The van der Waals surface area contributed by atoms with E-state index in [1.807, 2.05) is 10.7 Å². The van der Waals surface area contributed by atoms with Gasteiger partial charge in [0.05, 0.1) is 11.1 Å². The highest BCUT2D eigenvalue weighted by atomic mass is 16.1. The maximum Gasteiger partial charge on any atom is 0.253 e. The van der Waals surface area contributed by atoms with E-state index in [4.69, 9.17) is 0 Å². The molecule has 7 nitrogen and oxygen atoms in total. The number of piperidine rings is 1. The summed E-state index contributed by atoms with van der Waals surface area (Å²) in [5.41, 5.74) is 3.56. The van der Waals surface area contributed by atoms with E-state index < -0.39 is 0 Å². The highest BCUT2D eigenvalue weighted by Crippen LogP contribution is 2.31. The maximum absolute atomic E-state index is 13.3. The van der Waals surface area contributed by atoms with E-state index >= 15 is 0 Å². The van der Waals surface area contributed by atoms with Gasteiger partial charge >= 0.3 is 0 Å². The van der Waals surface area contributed by atoms with Gasteiger partial charge in [-0.15, -0.1) is 5.10 Å². The van der Waals surface area contributed by atoms with Crippen LogP contribution in [0.2, 0.25) is 0 Å². The number of aromatic amines is 1. The lowest BCUT2D eigenvalue weighted by molar-refractivity contribution is 0.170. The Morgan fingerprint density at radius 1 is 1.10 bits per heavy atom. The molecule has 1 aliphatic rings. The third kappa shape index (κ3) is 3.59. The molecule has 1 fully saturated rings. The standard InChI is InChI=1S/C22H30N6O/c1-14-9-10-16-13-17(21(29)23-18(16)15(14)2)19(27-11-7-6-8-12-27)20-24-25-26-28(20)22(3,4)5/h9-10,13,19H,6-8,11-12H2,1-5H3,(H,23,29)/t19-/m1/s1. The van der Waals surface area contributed by atoms with Crippen LogP contribution < -0.4 is 5.56 Å². The molecule has 0 amide bonds. The first-order valence-electron chi connectivity index (χ1n) is 10.4. The Balaban J connectivity index is 1.93. The molecule has 29 heavy (non-hydrogen) atoms. The van der Waals surface area contributed by atoms with Crippen LogP contribution in [0, 0.1) is 13.8 Å². The number of tetrazole rings is 1. The van der Waals surface area contributed by atoms with Crippen LogP contribution >= 0.6 is 0 Å². The van der Waals surface area contributed by atoms with Crippen LogP contribution in [-0.2, 0) is 5.54 Å². The summed E-state index contributed by atoms with van der Waals surface area (Å²) < 4.78 is 1.86. The van der Waals surface area contributed by atoms with Crippen molar-refractivity contribution >= 4 is 10.9 Å². The number of nitrogens with zero attached hydrogens (tertiary/aromatic N) is 5. The van der Waals surface area contributed by atoms with Gasteiger partial charge in [-0.2, -0.15) is 0 Å². The lowest BCUT2D eigenvalue weighted by Gasteiger charge is -2.35. The lowest BCUT2D eigenvalue weighted by atomic mass is 9.98. The van der Waals surface area contributed by atoms with Crippen molar-refractivity contribution in [2.75, 3.05) is 13.1 Å². The molecule has 3 aromatic rings. The maximum atomic E-state index is 13.3. The average molecular weight is 395 g/mol. The zero-order chi connectivity index (χ0) is 20.8. The van der Waals surface area contributed by atoms with Crippen molar-refractivity contribution < 1.29 is 0 Å². The molecule has 1 atom stereocenters. The summed E-state index contributed by atoms with van der Waals surface area (Å²) in [7, 11) is 0. The topological polar surface area (TPSA) is 79.7 Å². The highest BCUT2D eigenvalue weighted by molar-refractivity contribution is 5.83. The lowest BCUT2D eigenvalue weighted by Crippen LogP contribution is -2.40. The van der Waals surface area contributed by atoms with Gasteiger partial charge in [0, 0.05) is 5.56 Å². The zero-order valence-corrected chi connectivity index (χ0v) is 18.0. The predicted molar refractivity (Wildman–Crippen MR) is 114 cm³/mol. The largest absolute Gasteiger partial charge is 0.321 e. The number of fused-ring (bicyclic) bond motifs is 1. The fourth-order valence-corrected chi connectivity index (χ4v) is 4.26. The van der Waals surface area contributed by atoms with Crippen molar-refractivity contribution in [2.45, 2.75) is 65.5 Å². The molecule has 4 rings (SSSR count). The molecular formula is C22H30N6O. The predicted octanol–water partition coefficient (Wildman–Crippen LogP) is 3.46. The summed E-state index contributed by atoms with van der Waals surface area (Å²) in [5.74, 6) is 0.730. The Morgan fingerprint density at radius 3 is 2.52 bits per heavy atom. The minimum atomic E-state index is -0.274. The second kappa shape index (κ2) is 7.37. The van der Waals surface area contributed by atoms with Gasteiger partial charge in [0.1, 0.15) is 6.04 Å². The number of benzene rings is 1. The van der Waals surface area contributed by atoms with Crippen molar-refractivity contribution in [3.05, 3.63) is 51.1 Å². The fourth-order valence-electron chi connectivity index (χ4n) is 4.26. The summed E-state index contributed by atoms with van der Waals surface area (Å²) in [5, 5.41) is 13.7. The van der Waals surface area contributed by atoms with Crippen LogP contribution in [0.3, 0.4) is 0 Å². The number of rotatable bonds is 3. The third-order valence-corrected chi connectivity index (χ3v) is 6.00. The molecule has 0 unspecified atom stereocenters. The smallest absolute Gasteiger partial charge is 0.253 e. The Bertz CT molecular complexity index is 1080. The van der Waals surface area contributed by atoms with Gasteiger partial charge in [0.15, 0.2) is 5.82 Å². The number of pyridine rings is 1. The van der Waals surface area contributed by atoms with Gasteiger partial charge in [-0.05, 0) is 93.6 Å². The number of H-pyrrole nitrogens is 1. The average Bonchev–Trinajstić information content (AvgIpc) is 3.17. The summed E-state index contributed by atoms with van der Waals surface area (Å²) in [6, 6.07) is 5.95. The van der Waals surface area contributed by atoms with Gasteiger partial charge in [-0.1, -0.05) is 18.6 Å². The van der Waals surface area contributed by atoms with Gasteiger partial charge in [0.25, 0.3) is 5.56 Å². The van der Waals surface area contributed by atoms with Gasteiger partial charge < -0.3 is 4.98 Å². The Hall–Kier alpha value is -2.54. The van der Waals surface area contributed by atoms with E-state index in [-0.39, 0.29) is 17.1 Å². The van der Waals surface area contributed by atoms with E-state index in [0.717, 1.165) is 48.2 Å². The second-order valence-corrected chi connectivity index (χ2v) is 9.14. The minimum absolute atomic E-state index is 0.0646. The molecule has 7 heteroatoms. The molecule has 1 saturated heterocycles. The monoisotopic (exact) mass is 394 g/mol. The molecule has 0 saturated carbocycles. The Kier molecular flexibility index (Phi) is 5.02. The second-order valence-electron chi connectivity index (χ2n) is 9.14. The summed E-state index contributed by atoms with van der Waals surface area (Å²) >= 11 is 0. The van der Waals surface area contributed by atoms with Crippen LogP contribution in [0.25, 0.3) is 10.9 Å². The van der Waals surface area contributed by atoms with Crippen LogP contribution in [0.5, 0.6) is 0 Å². The van der Waals surface area contributed by atoms with Crippen LogP contribution in [0.1, 0.15) is 68.6 Å². The van der Waals surface area contributed by atoms with E-state index in [2.05, 4.69) is 72.2 Å². The molecular weight excluding hydrogens is 364 g/mol. The number of hydrogen-bond donors (Lipinski definition) is 1. The van der Waals surface area contributed by atoms with Crippen molar-refractivity contribution in [2.24, 2.45) is 0 Å². The van der Waals surface area contributed by atoms with Gasteiger partial charge in [-0.3, -0.25) is 9.69 Å². The van der Waals surface area contributed by atoms with E-state index in [1.54, 1.807) is 0 Å². The zero-order valence-electron chi connectivity index (χ0n) is 18.0. The Morgan fingerprint density at radius 2 is 1.83 bits per heavy atom. The number of aryl methyl sites for hydroxylation is 2. The normalized spacial score (nSPS) is 17.0. The molecule has 154 valence electrons. The first-order chi connectivity index (χ1) is 13.8. The molecule has 2 aromatic heterocycles. The highest BCUT2D eigenvalue weighted by Gasteiger charge is 2.33. The molecule has 1 aliphatic heterocycles. The SMILES string of the molecule is Cc1ccc2cc([C@H](c3nnnn3C(C)(C)C)N3CCCCC3)c(=O)[nH]c2c1C. The summed E-state index contributed by atoms with van der Waals surface area (Å²) in [4.78, 5) is 18.8. The Labute approximate surface area is 171 Å². The van der Waals surface area contributed by atoms with E-state index in [9.17, 15) is 4.79 Å².